The molecule has 25 heavy (non-hydrogen) atoms. The number of thiophene rings is 1. The van der Waals surface area contributed by atoms with Gasteiger partial charge in [0.1, 0.15) is 5.76 Å². The van der Waals surface area contributed by atoms with Gasteiger partial charge in [-0.15, -0.1) is 11.3 Å². The minimum absolute atomic E-state index is 0.0209. The Kier molecular flexibility index (Phi) is 6.28. The highest BCUT2D eigenvalue weighted by molar-refractivity contribution is 14.1. The van der Waals surface area contributed by atoms with Gasteiger partial charge in [-0.2, -0.15) is 0 Å². The van der Waals surface area contributed by atoms with Crippen LogP contribution in [0, 0.1) is 10.5 Å². The number of hydrogen-bond donors (Lipinski definition) is 1. The molecular weight excluding hydrogens is 447 g/mol. The summed E-state index contributed by atoms with van der Waals surface area (Å²) in [6, 6.07) is 13.9. The lowest BCUT2D eigenvalue weighted by Crippen LogP contribution is -2.32. The monoisotopic (exact) mass is 466 g/mol. The fraction of sp³-hybridized carbons (Fsp3) is 0.211. The Hall–Kier alpha value is -1.64. The van der Waals surface area contributed by atoms with E-state index in [1.165, 1.54) is 4.88 Å². The van der Waals surface area contributed by atoms with Crippen LogP contribution in [0.3, 0.4) is 0 Å². The lowest BCUT2D eigenvalue weighted by Gasteiger charge is -2.20. The van der Waals surface area contributed by atoms with Crippen LogP contribution in [0.15, 0.2) is 58.5 Å². The third-order valence-corrected chi connectivity index (χ3v) is 5.28. The first-order valence-electron chi connectivity index (χ1n) is 7.93. The van der Waals surface area contributed by atoms with Crippen LogP contribution in [0.1, 0.15) is 16.2 Å². The van der Waals surface area contributed by atoms with Gasteiger partial charge in [0, 0.05) is 20.7 Å². The zero-order chi connectivity index (χ0) is 17.6. The summed E-state index contributed by atoms with van der Waals surface area (Å²) in [5, 5.41) is 5.07. The summed E-state index contributed by atoms with van der Waals surface area (Å²) in [6.45, 7) is 3.63. The minimum atomic E-state index is -0.0209. The standard InChI is InChI=1S/C19H19IN2O2S/c1-14-10-15(20)6-7-18(14)21-19(23)13-22(11-16-4-2-8-24-16)12-17-5-3-9-25-17/h2-10H,11-13H2,1H3,(H,21,23). The summed E-state index contributed by atoms with van der Waals surface area (Å²) < 4.78 is 6.60. The molecule has 3 aromatic rings. The number of amides is 1. The summed E-state index contributed by atoms with van der Waals surface area (Å²) in [7, 11) is 0. The first-order valence-corrected chi connectivity index (χ1v) is 9.89. The van der Waals surface area contributed by atoms with Gasteiger partial charge in [0.25, 0.3) is 0 Å². The molecule has 6 heteroatoms. The number of hydrogen-bond acceptors (Lipinski definition) is 4. The van der Waals surface area contributed by atoms with Crippen LogP contribution in [-0.2, 0) is 17.9 Å². The molecule has 2 heterocycles. The molecule has 0 aliphatic heterocycles. The first-order chi connectivity index (χ1) is 12.1. The van der Waals surface area contributed by atoms with Crippen molar-refractivity contribution in [1.29, 1.82) is 0 Å². The Morgan fingerprint density at radius 3 is 2.80 bits per heavy atom. The number of carbonyl (C=O) groups excluding carboxylic acids is 1. The van der Waals surface area contributed by atoms with Crippen LogP contribution < -0.4 is 5.32 Å². The highest BCUT2D eigenvalue weighted by atomic mass is 127. The van der Waals surface area contributed by atoms with Crippen molar-refractivity contribution >= 4 is 45.5 Å². The van der Waals surface area contributed by atoms with Crippen molar-refractivity contribution in [2.45, 2.75) is 20.0 Å². The molecule has 3 rings (SSSR count). The molecule has 0 atom stereocenters. The first kappa shape index (κ1) is 18.2. The molecule has 0 aliphatic carbocycles. The van der Waals surface area contributed by atoms with E-state index in [4.69, 9.17) is 4.42 Å². The maximum absolute atomic E-state index is 12.5. The Bertz CT molecular complexity index is 780. The molecule has 1 amide bonds. The van der Waals surface area contributed by atoms with Crippen LogP contribution >= 0.6 is 33.9 Å². The van der Waals surface area contributed by atoms with Crippen molar-refractivity contribution in [3.63, 3.8) is 0 Å². The predicted octanol–water partition coefficient (Wildman–Crippen LogP) is 4.90. The number of rotatable bonds is 7. The molecule has 1 N–H and O–H groups in total. The van der Waals surface area contributed by atoms with Gasteiger partial charge < -0.3 is 9.73 Å². The number of carbonyl (C=O) groups is 1. The van der Waals surface area contributed by atoms with Crippen molar-refractivity contribution in [1.82, 2.24) is 4.90 Å². The second-order valence-corrected chi connectivity index (χ2v) is 8.09. The van der Waals surface area contributed by atoms with Gasteiger partial charge in [0.05, 0.1) is 19.4 Å². The molecule has 0 aliphatic rings. The molecule has 0 saturated heterocycles. The van der Waals surface area contributed by atoms with E-state index >= 15 is 0 Å². The van der Waals surface area contributed by atoms with Crippen molar-refractivity contribution in [3.8, 4) is 0 Å². The molecule has 4 nitrogen and oxygen atoms in total. The number of aryl methyl sites for hydroxylation is 1. The van der Waals surface area contributed by atoms with Crippen LogP contribution in [-0.4, -0.2) is 17.4 Å². The number of nitrogens with zero attached hydrogens (tertiary/aromatic N) is 1. The van der Waals surface area contributed by atoms with E-state index < -0.39 is 0 Å². The normalized spacial score (nSPS) is 11.0. The summed E-state index contributed by atoms with van der Waals surface area (Å²) in [4.78, 5) is 15.8. The molecule has 130 valence electrons. The Morgan fingerprint density at radius 1 is 1.24 bits per heavy atom. The van der Waals surface area contributed by atoms with Crippen molar-refractivity contribution in [3.05, 3.63) is 73.9 Å². The van der Waals surface area contributed by atoms with Gasteiger partial charge in [-0.25, -0.2) is 0 Å². The highest BCUT2D eigenvalue weighted by Gasteiger charge is 2.15. The predicted molar refractivity (Wildman–Crippen MR) is 110 cm³/mol. The average Bonchev–Trinajstić information content (AvgIpc) is 3.24. The number of nitrogens with one attached hydrogen (secondary N) is 1. The Morgan fingerprint density at radius 2 is 2.12 bits per heavy atom. The molecule has 0 bridgehead atoms. The third kappa shape index (κ3) is 5.42. The largest absolute Gasteiger partial charge is 0.468 e. The molecule has 1 aromatic carbocycles. The number of anilines is 1. The maximum Gasteiger partial charge on any atom is 0.238 e. The van der Waals surface area contributed by atoms with Crippen LogP contribution in [0.2, 0.25) is 0 Å². The lowest BCUT2D eigenvalue weighted by molar-refractivity contribution is -0.117. The second-order valence-electron chi connectivity index (χ2n) is 5.81. The molecule has 0 radical (unpaired) electrons. The zero-order valence-corrected chi connectivity index (χ0v) is 16.8. The maximum atomic E-state index is 12.5. The Labute approximate surface area is 165 Å². The molecule has 2 aromatic heterocycles. The van der Waals surface area contributed by atoms with E-state index in [1.807, 2.05) is 37.3 Å². The van der Waals surface area contributed by atoms with Crippen LogP contribution in [0.25, 0.3) is 0 Å². The van der Waals surface area contributed by atoms with Gasteiger partial charge in [0.15, 0.2) is 0 Å². The summed E-state index contributed by atoms with van der Waals surface area (Å²) in [5.74, 6) is 0.835. The Balaban J connectivity index is 1.66. The molecular formula is C19H19IN2O2S. The average molecular weight is 466 g/mol. The van der Waals surface area contributed by atoms with E-state index in [2.05, 4.69) is 50.3 Å². The van der Waals surface area contributed by atoms with Gasteiger partial charge in [-0.05, 0) is 76.9 Å². The second kappa shape index (κ2) is 8.64. The van der Waals surface area contributed by atoms with Crippen LogP contribution in [0.5, 0.6) is 0 Å². The molecule has 0 saturated carbocycles. The van der Waals surface area contributed by atoms with Crippen LogP contribution in [0.4, 0.5) is 5.69 Å². The SMILES string of the molecule is Cc1cc(I)ccc1NC(=O)CN(Cc1ccco1)Cc1cccs1. The number of halogens is 1. The van der Waals surface area contributed by atoms with E-state index in [0.29, 0.717) is 13.1 Å². The van der Waals surface area contributed by atoms with Crippen molar-refractivity contribution in [2.75, 3.05) is 11.9 Å². The minimum Gasteiger partial charge on any atom is -0.468 e. The van der Waals surface area contributed by atoms with E-state index in [-0.39, 0.29) is 5.91 Å². The fourth-order valence-electron chi connectivity index (χ4n) is 2.57. The van der Waals surface area contributed by atoms with E-state index in [0.717, 1.165) is 27.1 Å². The van der Waals surface area contributed by atoms with E-state index in [1.54, 1.807) is 17.6 Å². The summed E-state index contributed by atoms with van der Waals surface area (Å²) in [6.07, 6.45) is 1.66. The topological polar surface area (TPSA) is 45.5 Å². The fourth-order valence-corrected chi connectivity index (χ4v) is 3.97. The zero-order valence-electron chi connectivity index (χ0n) is 13.9. The summed E-state index contributed by atoms with van der Waals surface area (Å²) in [5.41, 5.74) is 1.93. The van der Waals surface area contributed by atoms with Gasteiger partial charge in [-0.1, -0.05) is 6.07 Å². The number of benzene rings is 1. The summed E-state index contributed by atoms with van der Waals surface area (Å²) >= 11 is 3.96. The highest BCUT2D eigenvalue weighted by Crippen LogP contribution is 2.19. The molecule has 0 unspecified atom stereocenters. The quantitative estimate of drug-likeness (QED) is 0.505. The van der Waals surface area contributed by atoms with Gasteiger partial charge >= 0.3 is 0 Å². The molecule has 0 spiro atoms. The number of furan rings is 1. The van der Waals surface area contributed by atoms with Gasteiger partial charge in [0.2, 0.25) is 5.91 Å². The third-order valence-electron chi connectivity index (χ3n) is 3.75. The van der Waals surface area contributed by atoms with Crippen molar-refractivity contribution in [2.24, 2.45) is 0 Å². The lowest BCUT2D eigenvalue weighted by atomic mass is 10.2. The van der Waals surface area contributed by atoms with E-state index in [9.17, 15) is 4.79 Å². The smallest absolute Gasteiger partial charge is 0.238 e. The van der Waals surface area contributed by atoms with Gasteiger partial charge in [-0.3, -0.25) is 9.69 Å². The van der Waals surface area contributed by atoms with Crippen molar-refractivity contribution < 1.29 is 9.21 Å². The molecule has 0 fully saturated rings.